The van der Waals surface area contributed by atoms with Crippen molar-refractivity contribution in [1.82, 2.24) is 5.32 Å². The molecule has 2 amide bonds. The van der Waals surface area contributed by atoms with Gasteiger partial charge in [0.25, 0.3) is 5.91 Å². The summed E-state index contributed by atoms with van der Waals surface area (Å²) >= 11 is 0. The van der Waals surface area contributed by atoms with Gasteiger partial charge < -0.3 is 16.0 Å². The second-order valence-corrected chi connectivity index (χ2v) is 7.62. The number of hydrogen-bond acceptors (Lipinski definition) is 3. The molecular weight excluding hydrogens is 393 g/mol. The van der Waals surface area contributed by atoms with E-state index in [1.165, 1.54) is 0 Å². The lowest BCUT2D eigenvalue weighted by Crippen LogP contribution is -2.25. The molecule has 7 heteroatoms. The molecule has 3 N–H and O–H groups in total. The first-order valence-corrected chi connectivity index (χ1v) is 9.58. The molecule has 156 valence electrons. The van der Waals surface area contributed by atoms with Crippen molar-refractivity contribution in [2.45, 2.75) is 40.2 Å². The highest BCUT2D eigenvalue weighted by molar-refractivity contribution is 6.05. The van der Waals surface area contributed by atoms with Gasteiger partial charge in [-0.05, 0) is 66.8 Å². The monoisotopic (exact) mass is 419 g/mol. The second kappa shape index (κ2) is 9.85. The Kier molecular flexibility index (Phi) is 7.76. The maximum absolute atomic E-state index is 14.7. The molecule has 0 fully saturated rings. The molecule has 3 rings (SSSR count). The summed E-state index contributed by atoms with van der Waals surface area (Å²) in [5, 5.41) is 8.74. The van der Waals surface area contributed by atoms with Crippen LogP contribution in [0.25, 0.3) is 0 Å². The predicted molar refractivity (Wildman–Crippen MR) is 116 cm³/mol. The molecule has 0 spiro atoms. The van der Waals surface area contributed by atoms with Crippen LogP contribution >= 0.6 is 12.4 Å². The molecule has 1 aliphatic heterocycles. The van der Waals surface area contributed by atoms with E-state index in [0.717, 1.165) is 17.7 Å². The van der Waals surface area contributed by atoms with Gasteiger partial charge in [0.05, 0.1) is 5.69 Å². The first-order chi connectivity index (χ1) is 13.3. The number of aryl methyl sites for hydroxylation is 1. The summed E-state index contributed by atoms with van der Waals surface area (Å²) in [5.74, 6) is -0.522. The van der Waals surface area contributed by atoms with Crippen LogP contribution in [0, 0.1) is 18.7 Å². The zero-order valence-electron chi connectivity index (χ0n) is 16.9. The molecule has 1 aliphatic rings. The number of amides is 2. The van der Waals surface area contributed by atoms with E-state index >= 15 is 0 Å². The van der Waals surface area contributed by atoms with Crippen LogP contribution in [0.4, 0.5) is 15.8 Å². The number of carbonyl (C=O) groups excluding carboxylic acids is 2. The average molecular weight is 420 g/mol. The minimum absolute atomic E-state index is 0. The molecule has 0 bridgehead atoms. The Bertz CT molecular complexity index is 915. The summed E-state index contributed by atoms with van der Waals surface area (Å²) in [5.41, 5.74) is 3.65. The van der Waals surface area contributed by atoms with Gasteiger partial charge in [-0.15, -0.1) is 12.4 Å². The molecule has 29 heavy (non-hydrogen) atoms. The van der Waals surface area contributed by atoms with Crippen LogP contribution in [0.1, 0.15) is 47.3 Å². The highest BCUT2D eigenvalue weighted by Gasteiger charge is 2.18. The summed E-state index contributed by atoms with van der Waals surface area (Å²) < 4.78 is 14.7. The van der Waals surface area contributed by atoms with E-state index < -0.39 is 0 Å². The van der Waals surface area contributed by atoms with E-state index in [1.54, 1.807) is 24.3 Å². The molecule has 5 nitrogen and oxygen atoms in total. The van der Waals surface area contributed by atoms with Gasteiger partial charge in [-0.2, -0.15) is 0 Å². The van der Waals surface area contributed by atoms with Crippen molar-refractivity contribution in [2.24, 2.45) is 5.92 Å². The van der Waals surface area contributed by atoms with Gasteiger partial charge in [-0.1, -0.05) is 19.9 Å². The van der Waals surface area contributed by atoms with Crippen molar-refractivity contribution >= 4 is 35.6 Å². The first-order valence-electron chi connectivity index (χ1n) is 9.58. The molecule has 1 heterocycles. The summed E-state index contributed by atoms with van der Waals surface area (Å²) in [7, 11) is 0. The van der Waals surface area contributed by atoms with Gasteiger partial charge in [0, 0.05) is 24.2 Å². The van der Waals surface area contributed by atoms with Crippen molar-refractivity contribution in [2.75, 3.05) is 17.2 Å². The Morgan fingerprint density at radius 3 is 2.55 bits per heavy atom. The maximum Gasteiger partial charge on any atom is 0.255 e. The minimum atomic E-state index is -0.379. The van der Waals surface area contributed by atoms with Gasteiger partial charge in [0.2, 0.25) is 5.91 Å². The van der Waals surface area contributed by atoms with Gasteiger partial charge in [0.1, 0.15) is 5.82 Å². The molecule has 0 radical (unpaired) electrons. The fourth-order valence-electron chi connectivity index (χ4n) is 3.34. The third kappa shape index (κ3) is 5.55. The quantitative estimate of drug-likeness (QED) is 0.671. The molecule has 2 aromatic rings. The standard InChI is InChI=1S/C22H26FN3O2.ClH/c1-13(2)10-20(27)25-18-6-4-15(11-14(18)3)22(28)26-19-7-5-16-12-24-9-8-17(16)21(19)23;/h4-7,11,13,24H,8-10,12H2,1-3H3,(H,25,27)(H,26,28);1H. The Balaban J connectivity index is 0.00000300. The minimum Gasteiger partial charge on any atom is -0.326 e. The van der Waals surface area contributed by atoms with Gasteiger partial charge in [0.15, 0.2) is 0 Å². The lowest BCUT2D eigenvalue weighted by Gasteiger charge is -2.19. The molecule has 0 unspecified atom stereocenters. The van der Waals surface area contributed by atoms with E-state index in [-0.39, 0.29) is 41.6 Å². The van der Waals surface area contributed by atoms with Crippen LogP contribution in [0.2, 0.25) is 0 Å². The average Bonchev–Trinajstić information content (AvgIpc) is 2.65. The first kappa shape index (κ1) is 22.8. The van der Waals surface area contributed by atoms with E-state index in [0.29, 0.717) is 36.2 Å². The Hall–Kier alpha value is -2.44. The van der Waals surface area contributed by atoms with E-state index in [9.17, 15) is 14.0 Å². The molecule has 0 saturated carbocycles. The molecule has 0 aliphatic carbocycles. The van der Waals surface area contributed by atoms with Crippen molar-refractivity contribution < 1.29 is 14.0 Å². The highest BCUT2D eigenvalue weighted by Crippen LogP contribution is 2.25. The van der Waals surface area contributed by atoms with E-state index in [4.69, 9.17) is 0 Å². The molecule has 0 saturated heterocycles. The van der Waals surface area contributed by atoms with Crippen LogP contribution in [0.5, 0.6) is 0 Å². The number of fused-ring (bicyclic) bond motifs is 1. The topological polar surface area (TPSA) is 70.2 Å². The molecule has 0 aromatic heterocycles. The lowest BCUT2D eigenvalue weighted by molar-refractivity contribution is -0.116. The van der Waals surface area contributed by atoms with Gasteiger partial charge in [-0.3, -0.25) is 9.59 Å². The van der Waals surface area contributed by atoms with E-state index in [2.05, 4.69) is 16.0 Å². The fourth-order valence-corrected chi connectivity index (χ4v) is 3.34. The molecule has 0 atom stereocenters. The summed E-state index contributed by atoms with van der Waals surface area (Å²) in [4.78, 5) is 24.5. The lowest BCUT2D eigenvalue weighted by atomic mass is 9.99. The number of rotatable bonds is 5. The number of nitrogens with one attached hydrogen (secondary N) is 3. The Morgan fingerprint density at radius 2 is 1.86 bits per heavy atom. The van der Waals surface area contributed by atoms with Crippen LogP contribution in [0.3, 0.4) is 0 Å². The van der Waals surface area contributed by atoms with Crippen molar-refractivity contribution in [3.63, 3.8) is 0 Å². The summed E-state index contributed by atoms with van der Waals surface area (Å²) in [6, 6.07) is 8.48. The van der Waals surface area contributed by atoms with Gasteiger partial charge >= 0.3 is 0 Å². The van der Waals surface area contributed by atoms with Crippen LogP contribution in [-0.4, -0.2) is 18.4 Å². The second-order valence-electron chi connectivity index (χ2n) is 7.62. The smallest absolute Gasteiger partial charge is 0.255 e. The third-order valence-electron chi connectivity index (χ3n) is 4.81. The number of halogens is 2. The highest BCUT2D eigenvalue weighted by atomic mass is 35.5. The summed E-state index contributed by atoms with van der Waals surface area (Å²) in [6.07, 6.45) is 1.05. The van der Waals surface area contributed by atoms with Crippen molar-refractivity contribution in [3.8, 4) is 0 Å². The number of hydrogen-bond donors (Lipinski definition) is 3. The van der Waals surface area contributed by atoms with Crippen LogP contribution < -0.4 is 16.0 Å². The normalized spacial score (nSPS) is 12.7. The van der Waals surface area contributed by atoms with Gasteiger partial charge in [-0.25, -0.2) is 4.39 Å². The van der Waals surface area contributed by atoms with E-state index in [1.807, 2.05) is 26.8 Å². The largest absolute Gasteiger partial charge is 0.326 e. The molecular formula is C22H27ClFN3O2. The van der Waals surface area contributed by atoms with Crippen molar-refractivity contribution in [1.29, 1.82) is 0 Å². The Morgan fingerprint density at radius 1 is 1.14 bits per heavy atom. The van der Waals surface area contributed by atoms with Crippen LogP contribution in [0.15, 0.2) is 30.3 Å². The SMILES string of the molecule is Cc1cc(C(=O)Nc2ccc3c(c2F)CCNC3)ccc1NC(=O)CC(C)C.Cl. The molecule has 2 aromatic carbocycles. The Labute approximate surface area is 176 Å². The number of benzene rings is 2. The maximum atomic E-state index is 14.7. The van der Waals surface area contributed by atoms with Crippen LogP contribution in [-0.2, 0) is 17.8 Å². The predicted octanol–water partition coefficient (Wildman–Crippen LogP) is 4.44. The number of carbonyl (C=O) groups is 2. The zero-order valence-corrected chi connectivity index (χ0v) is 17.7. The summed E-state index contributed by atoms with van der Waals surface area (Å²) in [6.45, 7) is 7.16. The zero-order chi connectivity index (χ0) is 20.3. The fraction of sp³-hybridized carbons (Fsp3) is 0.364. The number of anilines is 2. The third-order valence-corrected chi connectivity index (χ3v) is 4.81. The van der Waals surface area contributed by atoms with Crippen molar-refractivity contribution in [3.05, 3.63) is 58.4 Å².